The molecule has 0 spiro atoms. The van der Waals surface area contributed by atoms with Gasteiger partial charge in [-0.2, -0.15) is 5.10 Å². The molecule has 10 heteroatoms. The van der Waals surface area contributed by atoms with Crippen molar-refractivity contribution < 1.29 is 14.3 Å². The van der Waals surface area contributed by atoms with E-state index in [9.17, 15) is 9.59 Å². The molecule has 0 unspecified atom stereocenters. The first-order valence-electron chi connectivity index (χ1n) is 14.5. The summed E-state index contributed by atoms with van der Waals surface area (Å²) in [6, 6.07) is 7.34. The molecule has 1 saturated heterocycles. The first-order chi connectivity index (χ1) is 19.5. The van der Waals surface area contributed by atoms with E-state index < -0.39 is 0 Å². The second-order valence-electron chi connectivity index (χ2n) is 10.2. The molecule has 0 atom stereocenters. The van der Waals surface area contributed by atoms with Gasteiger partial charge in [0.25, 0.3) is 5.91 Å². The van der Waals surface area contributed by atoms with Gasteiger partial charge in [-0.3, -0.25) is 9.59 Å². The maximum atomic E-state index is 13.1. The fourth-order valence-electron chi connectivity index (χ4n) is 5.03. The molecule has 1 aliphatic heterocycles. The number of aryl methyl sites for hydroxylation is 2. The van der Waals surface area contributed by atoms with E-state index in [2.05, 4.69) is 50.8 Å². The van der Waals surface area contributed by atoms with Crippen molar-refractivity contribution >= 4 is 50.2 Å². The van der Waals surface area contributed by atoms with E-state index in [0.717, 1.165) is 98.0 Å². The third-order valence-electron chi connectivity index (χ3n) is 7.32. The van der Waals surface area contributed by atoms with Crippen LogP contribution in [0.2, 0.25) is 0 Å². The zero-order valence-electron chi connectivity index (χ0n) is 23.6. The Morgan fingerprint density at radius 1 is 1.07 bits per heavy atom. The molecule has 3 N–H and O–H groups in total. The van der Waals surface area contributed by atoms with Crippen molar-refractivity contribution in [2.75, 3.05) is 29.2 Å². The molecule has 2 amide bonds. The molecular formula is C30H41BrN6O3. The van der Waals surface area contributed by atoms with Crippen LogP contribution in [0.25, 0.3) is 11.0 Å². The third-order valence-corrected chi connectivity index (χ3v) is 7.88. The van der Waals surface area contributed by atoms with Gasteiger partial charge in [0.15, 0.2) is 5.65 Å². The van der Waals surface area contributed by atoms with Crippen molar-refractivity contribution in [1.82, 2.24) is 20.1 Å². The average Bonchev–Trinajstić information content (AvgIpc) is 3.40. The summed E-state index contributed by atoms with van der Waals surface area (Å²) in [6.45, 7) is 6.70. The lowest BCUT2D eigenvalue weighted by molar-refractivity contribution is -0.116. The second-order valence-corrected chi connectivity index (χ2v) is 10.9. The van der Waals surface area contributed by atoms with Gasteiger partial charge >= 0.3 is 0 Å². The van der Waals surface area contributed by atoms with Crippen LogP contribution in [0.4, 0.5) is 11.4 Å². The number of carbonyl (C=O) groups excluding carboxylic acids is 2. The quantitative estimate of drug-likeness (QED) is 0.156. The topological polar surface area (TPSA) is 110 Å². The molecule has 0 saturated carbocycles. The van der Waals surface area contributed by atoms with Crippen LogP contribution < -0.4 is 16.0 Å². The van der Waals surface area contributed by atoms with Gasteiger partial charge in [0, 0.05) is 66.6 Å². The lowest BCUT2D eigenvalue weighted by Gasteiger charge is -2.26. The van der Waals surface area contributed by atoms with Crippen LogP contribution in [0, 0.1) is 0 Å². The summed E-state index contributed by atoms with van der Waals surface area (Å²) in [5, 5.41) is 16.3. The fraction of sp³-hybridized carbons (Fsp3) is 0.533. The normalized spacial score (nSPS) is 13.9. The van der Waals surface area contributed by atoms with Gasteiger partial charge in [-0.1, -0.05) is 35.7 Å². The van der Waals surface area contributed by atoms with E-state index in [0.29, 0.717) is 30.3 Å². The largest absolute Gasteiger partial charge is 0.381 e. The summed E-state index contributed by atoms with van der Waals surface area (Å²) in [7, 11) is 0. The number of rotatable bonds is 14. The van der Waals surface area contributed by atoms with Gasteiger partial charge in [-0.15, -0.1) is 0 Å². The lowest BCUT2D eigenvalue weighted by Crippen LogP contribution is -2.30. The second kappa shape index (κ2) is 15.1. The molecule has 0 aliphatic carbocycles. The molecule has 216 valence electrons. The summed E-state index contributed by atoms with van der Waals surface area (Å²) in [4.78, 5) is 30.3. The minimum atomic E-state index is -0.173. The Labute approximate surface area is 245 Å². The number of anilines is 2. The fourth-order valence-corrected chi connectivity index (χ4v) is 5.43. The van der Waals surface area contributed by atoms with Crippen molar-refractivity contribution in [2.24, 2.45) is 0 Å². The number of carbonyl (C=O) groups is 2. The molecule has 3 aromatic rings. The van der Waals surface area contributed by atoms with E-state index in [4.69, 9.17) is 9.72 Å². The van der Waals surface area contributed by atoms with Crippen molar-refractivity contribution in [3.05, 3.63) is 47.3 Å². The summed E-state index contributed by atoms with van der Waals surface area (Å²) in [6.07, 6.45) is 9.16. The van der Waals surface area contributed by atoms with Crippen LogP contribution >= 0.6 is 15.9 Å². The van der Waals surface area contributed by atoms with Crippen molar-refractivity contribution in [3.63, 3.8) is 0 Å². The molecule has 0 bridgehead atoms. The number of alkyl halides is 1. The number of amides is 2. The van der Waals surface area contributed by atoms with Crippen LogP contribution in [0.15, 0.2) is 30.5 Å². The Balaban J connectivity index is 1.44. The Kier molecular flexibility index (Phi) is 11.3. The van der Waals surface area contributed by atoms with Gasteiger partial charge in [0.1, 0.15) is 0 Å². The van der Waals surface area contributed by atoms with E-state index in [1.807, 2.05) is 10.9 Å². The number of aromatic nitrogens is 3. The van der Waals surface area contributed by atoms with E-state index in [-0.39, 0.29) is 11.8 Å². The molecule has 4 rings (SSSR count). The molecule has 1 aromatic carbocycles. The minimum absolute atomic E-state index is 0.00184. The highest BCUT2D eigenvalue weighted by molar-refractivity contribution is 9.09. The summed E-state index contributed by atoms with van der Waals surface area (Å²) in [5.41, 5.74) is 5.03. The van der Waals surface area contributed by atoms with Crippen LogP contribution in [0.5, 0.6) is 0 Å². The highest BCUT2D eigenvalue weighted by atomic mass is 79.9. The zero-order valence-corrected chi connectivity index (χ0v) is 25.2. The van der Waals surface area contributed by atoms with Gasteiger partial charge in [0.05, 0.1) is 17.3 Å². The highest BCUT2D eigenvalue weighted by Gasteiger charge is 2.22. The minimum Gasteiger partial charge on any atom is -0.381 e. The molecule has 3 heterocycles. The number of fused-ring (bicyclic) bond motifs is 1. The maximum absolute atomic E-state index is 13.1. The van der Waals surface area contributed by atoms with E-state index >= 15 is 0 Å². The lowest BCUT2D eigenvalue weighted by atomic mass is 10.0. The SMILES string of the molecule is CCc1nc2c(cnn2CC)c(NC2CCOCC2)c1CNC(=O)c1ccc(NC(=O)CCCCCCBr)cc1. The zero-order chi connectivity index (χ0) is 28.3. The van der Waals surface area contributed by atoms with Gasteiger partial charge in [0.2, 0.25) is 5.91 Å². The summed E-state index contributed by atoms with van der Waals surface area (Å²) < 4.78 is 7.47. The Bertz CT molecular complexity index is 1270. The van der Waals surface area contributed by atoms with Crippen molar-refractivity contribution in [3.8, 4) is 0 Å². The van der Waals surface area contributed by atoms with Crippen molar-refractivity contribution in [1.29, 1.82) is 0 Å². The molecule has 2 aromatic heterocycles. The molecule has 0 radical (unpaired) electrons. The van der Waals surface area contributed by atoms with Crippen LogP contribution in [0.3, 0.4) is 0 Å². The summed E-state index contributed by atoms with van der Waals surface area (Å²) >= 11 is 3.43. The average molecular weight is 614 g/mol. The molecule has 1 aliphatic rings. The molecular weight excluding hydrogens is 572 g/mol. The standard InChI is InChI=1S/C30H41BrN6O3/c1-3-26-24(28(35-23-14-17-40-18-15-23)25-20-33-37(4-2)29(25)36-26)19-32-30(39)21-10-12-22(13-11-21)34-27(38)9-7-5-6-8-16-31/h10-13,20,23H,3-9,14-19H2,1-2H3,(H,32,39)(H,34,38)(H,35,36). The number of hydrogen-bond donors (Lipinski definition) is 3. The smallest absolute Gasteiger partial charge is 0.251 e. The number of halogens is 1. The number of nitrogens with one attached hydrogen (secondary N) is 3. The molecule has 1 fully saturated rings. The maximum Gasteiger partial charge on any atom is 0.251 e. The monoisotopic (exact) mass is 612 g/mol. The highest BCUT2D eigenvalue weighted by Crippen LogP contribution is 2.31. The van der Waals surface area contributed by atoms with E-state index in [1.54, 1.807) is 24.3 Å². The Hall–Kier alpha value is -2.98. The first-order valence-corrected chi connectivity index (χ1v) is 15.6. The number of ether oxygens (including phenoxy) is 1. The van der Waals surface area contributed by atoms with Gasteiger partial charge in [-0.25, -0.2) is 9.67 Å². The number of unbranched alkanes of at least 4 members (excludes halogenated alkanes) is 3. The Morgan fingerprint density at radius 2 is 1.82 bits per heavy atom. The molecule has 40 heavy (non-hydrogen) atoms. The van der Waals surface area contributed by atoms with Gasteiger partial charge < -0.3 is 20.7 Å². The van der Waals surface area contributed by atoms with Crippen LogP contribution in [-0.2, 0) is 29.0 Å². The third kappa shape index (κ3) is 7.81. The Morgan fingerprint density at radius 3 is 2.52 bits per heavy atom. The van der Waals surface area contributed by atoms with Crippen LogP contribution in [-0.4, -0.2) is 51.2 Å². The van der Waals surface area contributed by atoms with Crippen molar-refractivity contribution in [2.45, 2.75) is 84.3 Å². The predicted octanol–water partition coefficient (Wildman–Crippen LogP) is 5.82. The number of nitrogens with zero attached hydrogens (tertiary/aromatic N) is 3. The number of pyridine rings is 1. The summed E-state index contributed by atoms with van der Waals surface area (Å²) in [5.74, 6) is -0.171. The van der Waals surface area contributed by atoms with Gasteiger partial charge in [-0.05, 0) is 63.3 Å². The predicted molar refractivity (Wildman–Crippen MR) is 163 cm³/mol. The van der Waals surface area contributed by atoms with Crippen LogP contribution in [0.1, 0.15) is 80.4 Å². The first kappa shape index (κ1) is 30.0. The molecule has 9 nitrogen and oxygen atoms in total. The number of hydrogen-bond acceptors (Lipinski definition) is 6. The van der Waals surface area contributed by atoms with E-state index in [1.165, 1.54) is 0 Å². The number of benzene rings is 1.